The number of benzene rings is 3. The first-order valence-electron chi connectivity index (χ1n) is 9.46. The van der Waals surface area contributed by atoms with Crippen molar-refractivity contribution >= 4 is 16.1 Å². The van der Waals surface area contributed by atoms with Gasteiger partial charge in [-0.05, 0) is 60.5 Å². The largest absolute Gasteiger partial charge is 0.490 e. The quantitative estimate of drug-likeness (QED) is 0.289. The number of hydrogen-bond acceptors (Lipinski definition) is 6. The van der Waals surface area contributed by atoms with Crippen molar-refractivity contribution in [3.05, 3.63) is 90.0 Å². The fourth-order valence-corrected chi connectivity index (χ4v) is 3.54. The highest BCUT2D eigenvalue weighted by Crippen LogP contribution is 2.20. The molecule has 0 aliphatic rings. The molecule has 0 aliphatic heterocycles. The molecule has 0 bridgehead atoms. The first kappa shape index (κ1) is 21.4. The Bertz CT molecular complexity index is 1060. The Morgan fingerprint density at radius 3 is 2.10 bits per heavy atom. The van der Waals surface area contributed by atoms with Crippen LogP contribution in [0.25, 0.3) is 0 Å². The van der Waals surface area contributed by atoms with Gasteiger partial charge in [-0.3, -0.25) is 0 Å². The zero-order valence-corrected chi connectivity index (χ0v) is 17.3. The molecule has 0 saturated carbocycles. The van der Waals surface area contributed by atoms with Crippen LogP contribution in [-0.2, 0) is 21.3 Å². The van der Waals surface area contributed by atoms with E-state index in [0.717, 1.165) is 12.0 Å². The van der Waals surface area contributed by atoms with Crippen LogP contribution in [-0.4, -0.2) is 27.6 Å². The molecule has 0 N–H and O–H groups in total. The maximum Gasteiger partial charge on any atom is 0.339 e. The minimum Gasteiger partial charge on any atom is -0.490 e. The number of carbonyl (C=O) groups is 1. The van der Waals surface area contributed by atoms with Crippen LogP contribution in [0.15, 0.2) is 83.8 Å². The molecule has 0 unspecified atom stereocenters. The van der Waals surface area contributed by atoms with Crippen LogP contribution in [0.3, 0.4) is 0 Å². The van der Waals surface area contributed by atoms with Gasteiger partial charge in [0.05, 0.1) is 5.56 Å². The minimum absolute atomic E-state index is 0.0709. The van der Waals surface area contributed by atoms with Crippen LogP contribution in [0, 0.1) is 0 Å². The Kier molecular flexibility index (Phi) is 7.08. The second kappa shape index (κ2) is 9.93. The van der Waals surface area contributed by atoms with E-state index >= 15 is 0 Å². The lowest BCUT2D eigenvalue weighted by molar-refractivity contribution is 0.0450. The third-order valence-electron chi connectivity index (χ3n) is 4.24. The molecule has 0 amide bonds. The number of hydrogen-bond donors (Lipinski definition) is 0. The monoisotopic (exact) mass is 426 g/mol. The van der Waals surface area contributed by atoms with E-state index in [0.29, 0.717) is 5.75 Å². The molecule has 3 aromatic rings. The van der Waals surface area contributed by atoms with Crippen molar-refractivity contribution in [3.8, 4) is 11.5 Å². The second-order valence-corrected chi connectivity index (χ2v) is 7.90. The summed E-state index contributed by atoms with van der Waals surface area (Å²) < 4.78 is 40.5. The average Bonchev–Trinajstić information content (AvgIpc) is 2.77. The van der Waals surface area contributed by atoms with Gasteiger partial charge < -0.3 is 13.7 Å². The SMILES string of the molecule is CCc1ccc(S(=O)(=O)Oc2ccc(C(=O)OCCOc3ccccc3)cc2)cc1. The maximum absolute atomic E-state index is 12.4. The lowest BCUT2D eigenvalue weighted by Gasteiger charge is -2.09. The third-order valence-corrected chi connectivity index (χ3v) is 5.51. The van der Waals surface area contributed by atoms with Crippen molar-refractivity contribution in [2.24, 2.45) is 0 Å². The number of aryl methyl sites for hydroxylation is 1. The van der Waals surface area contributed by atoms with Crippen molar-refractivity contribution in [3.63, 3.8) is 0 Å². The van der Waals surface area contributed by atoms with Gasteiger partial charge in [0.15, 0.2) is 0 Å². The molecule has 0 radical (unpaired) electrons. The molecule has 0 aromatic heterocycles. The summed E-state index contributed by atoms with van der Waals surface area (Å²) in [6.45, 7) is 2.31. The lowest BCUT2D eigenvalue weighted by atomic mass is 10.2. The van der Waals surface area contributed by atoms with Gasteiger partial charge in [-0.15, -0.1) is 0 Å². The molecular weight excluding hydrogens is 404 g/mol. The Morgan fingerprint density at radius 2 is 1.47 bits per heavy atom. The van der Waals surface area contributed by atoms with Crippen molar-refractivity contribution in [2.45, 2.75) is 18.2 Å². The maximum atomic E-state index is 12.4. The number of ether oxygens (including phenoxy) is 2. The second-order valence-electron chi connectivity index (χ2n) is 6.36. The number of para-hydroxylation sites is 1. The Morgan fingerprint density at radius 1 is 0.800 bits per heavy atom. The third kappa shape index (κ3) is 5.84. The predicted molar refractivity (Wildman–Crippen MR) is 112 cm³/mol. The van der Waals surface area contributed by atoms with E-state index in [4.69, 9.17) is 13.7 Å². The van der Waals surface area contributed by atoms with Gasteiger partial charge in [-0.25, -0.2) is 4.79 Å². The number of rotatable bonds is 9. The van der Waals surface area contributed by atoms with E-state index < -0.39 is 16.1 Å². The average molecular weight is 426 g/mol. The summed E-state index contributed by atoms with van der Waals surface area (Å²) in [4.78, 5) is 12.2. The highest BCUT2D eigenvalue weighted by Gasteiger charge is 2.17. The van der Waals surface area contributed by atoms with E-state index in [-0.39, 0.29) is 29.4 Å². The molecule has 6 nitrogen and oxygen atoms in total. The van der Waals surface area contributed by atoms with Crippen molar-refractivity contribution in [1.29, 1.82) is 0 Å². The number of esters is 1. The summed E-state index contributed by atoms with van der Waals surface area (Å²) >= 11 is 0. The van der Waals surface area contributed by atoms with E-state index in [9.17, 15) is 13.2 Å². The molecule has 156 valence electrons. The molecule has 0 aliphatic carbocycles. The molecule has 0 heterocycles. The van der Waals surface area contributed by atoms with Gasteiger partial charge in [0.25, 0.3) is 0 Å². The molecule has 3 aromatic carbocycles. The summed E-state index contributed by atoms with van der Waals surface area (Å²) in [5.74, 6) is 0.273. The topological polar surface area (TPSA) is 78.9 Å². The molecule has 7 heteroatoms. The van der Waals surface area contributed by atoms with E-state index in [1.54, 1.807) is 12.1 Å². The zero-order valence-electron chi connectivity index (χ0n) is 16.5. The van der Waals surface area contributed by atoms with Crippen molar-refractivity contribution < 1.29 is 26.9 Å². The lowest BCUT2D eigenvalue weighted by Crippen LogP contribution is -2.13. The number of carbonyl (C=O) groups excluding carboxylic acids is 1. The van der Waals surface area contributed by atoms with Crippen LogP contribution in [0.1, 0.15) is 22.8 Å². The Hall–Kier alpha value is -3.32. The molecule has 0 saturated heterocycles. The molecule has 0 atom stereocenters. The minimum atomic E-state index is -3.95. The normalized spacial score (nSPS) is 11.0. The zero-order chi connectivity index (χ0) is 21.4. The highest BCUT2D eigenvalue weighted by molar-refractivity contribution is 7.87. The van der Waals surface area contributed by atoms with Crippen LogP contribution in [0.2, 0.25) is 0 Å². The van der Waals surface area contributed by atoms with E-state index in [2.05, 4.69) is 0 Å². The standard InChI is InChI=1S/C23H22O6S/c1-2-18-8-14-22(15-9-18)30(25,26)29-21-12-10-19(11-13-21)23(24)28-17-16-27-20-6-4-3-5-7-20/h3-15H,2,16-17H2,1H3. The van der Waals surface area contributed by atoms with E-state index in [1.807, 2.05) is 37.3 Å². The van der Waals surface area contributed by atoms with Crippen LogP contribution < -0.4 is 8.92 Å². The fraction of sp³-hybridized carbons (Fsp3) is 0.174. The molecular formula is C23H22O6S. The molecule has 30 heavy (non-hydrogen) atoms. The first-order valence-corrected chi connectivity index (χ1v) is 10.9. The van der Waals surface area contributed by atoms with Crippen molar-refractivity contribution in [1.82, 2.24) is 0 Å². The van der Waals surface area contributed by atoms with Crippen molar-refractivity contribution in [2.75, 3.05) is 13.2 Å². The summed E-state index contributed by atoms with van der Waals surface area (Å²) in [6.07, 6.45) is 0.817. The molecule has 0 fully saturated rings. The van der Waals surface area contributed by atoms with Crippen LogP contribution in [0.4, 0.5) is 0 Å². The molecule has 0 spiro atoms. The van der Waals surface area contributed by atoms with Crippen LogP contribution >= 0.6 is 0 Å². The van der Waals surface area contributed by atoms with Gasteiger partial charge in [-0.2, -0.15) is 8.42 Å². The van der Waals surface area contributed by atoms with Crippen LogP contribution in [0.5, 0.6) is 11.5 Å². The predicted octanol–water partition coefficient (Wildman–Crippen LogP) is 4.25. The summed E-state index contributed by atoms with van der Waals surface area (Å²) in [6, 6.07) is 21.5. The fourth-order valence-electron chi connectivity index (χ4n) is 2.61. The summed E-state index contributed by atoms with van der Waals surface area (Å²) in [7, 11) is -3.95. The molecule has 3 rings (SSSR count). The smallest absolute Gasteiger partial charge is 0.339 e. The summed E-state index contributed by atoms with van der Waals surface area (Å²) in [5.41, 5.74) is 1.32. The highest BCUT2D eigenvalue weighted by atomic mass is 32.2. The summed E-state index contributed by atoms with van der Waals surface area (Å²) in [5, 5.41) is 0. The Labute approximate surface area is 176 Å². The van der Waals surface area contributed by atoms with Gasteiger partial charge in [0.1, 0.15) is 29.6 Å². The van der Waals surface area contributed by atoms with E-state index in [1.165, 1.54) is 36.4 Å². The van der Waals surface area contributed by atoms with Gasteiger partial charge >= 0.3 is 16.1 Å². The Balaban J connectivity index is 1.52. The first-order chi connectivity index (χ1) is 14.5. The van der Waals surface area contributed by atoms with Gasteiger partial charge in [-0.1, -0.05) is 37.3 Å². The van der Waals surface area contributed by atoms with Gasteiger partial charge in [0.2, 0.25) is 0 Å². The van der Waals surface area contributed by atoms with Gasteiger partial charge in [0, 0.05) is 0 Å².